The number of hydrogen-bond donors (Lipinski definition) is 3. The van der Waals surface area contributed by atoms with E-state index in [0.717, 1.165) is 0 Å². The Balaban J connectivity index is 2.02. The van der Waals surface area contributed by atoms with E-state index in [9.17, 15) is 19.2 Å². The van der Waals surface area contributed by atoms with Crippen molar-refractivity contribution in [2.75, 3.05) is 10.6 Å². The molecule has 0 saturated carbocycles. The molecular weight excluding hydrogens is 386 g/mol. The molecule has 0 fully saturated rings. The summed E-state index contributed by atoms with van der Waals surface area (Å²) in [6, 6.07) is 15.4. The van der Waals surface area contributed by atoms with Gasteiger partial charge >= 0.3 is 5.97 Å². The largest absolute Gasteiger partial charge is 0.448 e. The third-order valence-corrected chi connectivity index (χ3v) is 3.77. The lowest BCUT2D eigenvalue weighted by Gasteiger charge is -2.15. The van der Waals surface area contributed by atoms with Crippen LogP contribution in [0.5, 0.6) is 0 Å². The van der Waals surface area contributed by atoms with Crippen molar-refractivity contribution in [3.63, 3.8) is 0 Å². The monoisotopic (exact) mass is 409 g/mol. The van der Waals surface area contributed by atoms with Gasteiger partial charge in [-0.2, -0.15) is 0 Å². The Labute approximate surface area is 174 Å². The molecule has 0 aliphatic rings. The summed E-state index contributed by atoms with van der Waals surface area (Å²) in [6.07, 6.45) is 0.357. The quantitative estimate of drug-likeness (QED) is 0.481. The van der Waals surface area contributed by atoms with E-state index in [1.807, 2.05) is 6.07 Å². The first-order valence-electron chi connectivity index (χ1n) is 9.18. The number of nitrogens with one attached hydrogen (secondary N) is 3. The standard InChI is InChI=1S/C22H23N3O5/c1-14(21(28)25-19-11-9-18(10-12-19)23-15(2)26)30-22(29)20(24-16(3)27)13-17-7-5-4-6-8-17/h4-14H,1-3H3,(H,23,26)(H,24,27)(H,25,28)/b20-13-/t14-/m0/s1. The highest BCUT2D eigenvalue weighted by Crippen LogP contribution is 2.14. The highest BCUT2D eigenvalue weighted by Gasteiger charge is 2.21. The van der Waals surface area contributed by atoms with Crippen molar-refractivity contribution in [2.45, 2.75) is 26.9 Å². The van der Waals surface area contributed by atoms with Gasteiger partial charge < -0.3 is 20.7 Å². The van der Waals surface area contributed by atoms with Gasteiger partial charge in [-0.1, -0.05) is 30.3 Å². The summed E-state index contributed by atoms with van der Waals surface area (Å²) in [5, 5.41) is 7.67. The average Bonchev–Trinajstić information content (AvgIpc) is 2.69. The van der Waals surface area contributed by atoms with Gasteiger partial charge in [-0.25, -0.2) is 4.79 Å². The molecule has 2 rings (SSSR count). The molecule has 156 valence electrons. The second-order valence-corrected chi connectivity index (χ2v) is 6.45. The predicted molar refractivity (Wildman–Crippen MR) is 113 cm³/mol. The van der Waals surface area contributed by atoms with Crippen LogP contribution < -0.4 is 16.0 Å². The van der Waals surface area contributed by atoms with Gasteiger partial charge in [-0.3, -0.25) is 14.4 Å². The van der Waals surface area contributed by atoms with Gasteiger partial charge in [0.1, 0.15) is 5.70 Å². The second-order valence-electron chi connectivity index (χ2n) is 6.45. The maximum atomic E-state index is 12.5. The SMILES string of the molecule is CC(=O)N/C(=C\c1ccccc1)C(=O)O[C@@H](C)C(=O)Nc1ccc(NC(C)=O)cc1. The molecule has 0 aliphatic carbocycles. The Hall–Kier alpha value is -3.94. The lowest BCUT2D eigenvalue weighted by atomic mass is 10.2. The lowest BCUT2D eigenvalue weighted by molar-refractivity contribution is -0.149. The van der Waals surface area contributed by atoms with Crippen LogP contribution in [0.25, 0.3) is 6.08 Å². The summed E-state index contributed by atoms with van der Waals surface area (Å²) in [7, 11) is 0. The van der Waals surface area contributed by atoms with Gasteiger partial charge in [-0.15, -0.1) is 0 Å². The highest BCUT2D eigenvalue weighted by atomic mass is 16.5. The minimum absolute atomic E-state index is 0.0759. The summed E-state index contributed by atoms with van der Waals surface area (Å²) < 4.78 is 5.20. The molecule has 8 heteroatoms. The third-order valence-electron chi connectivity index (χ3n) is 3.77. The Kier molecular flexibility index (Phi) is 7.87. The maximum absolute atomic E-state index is 12.5. The van der Waals surface area contributed by atoms with Crippen LogP contribution in [-0.4, -0.2) is 29.8 Å². The van der Waals surface area contributed by atoms with Crippen molar-refractivity contribution in [2.24, 2.45) is 0 Å². The first-order valence-corrected chi connectivity index (χ1v) is 9.18. The van der Waals surface area contributed by atoms with Gasteiger partial charge in [0.2, 0.25) is 11.8 Å². The Morgan fingerprint density at radius 1 is 0.833 bits per heavy atom. The smallest absolute Gasteiger partial charge is 0.355 e. The minimum atomic E-state index is -1.11. The van der Waals surface area contributed by atoms with Gasteiger partial charge in [0, 0.05) is 25.2 Å². The van der Waals surface area contributed by atoms with E-state index >= 15 is 0 Å². The molecule has 0 radical (unpaired) electrons. The number of carbonyl (C=O) groups is 4. The summed E-state index contributed by atoms with van der Waals surface area (Å²) in [5.41, 5.74) is 1.67. The fraction of sp³-hybridized carbons (Fsp3) is 0.182. The zero-order valence-corrected chi connectivity index (χ0v) is 16.9. The molecule has 3 amide bonds. The zero-order chi connectivity index (χ0) is 22.1. The molecular formula is C22H23N3O5. The van der Waals surface area contributed by atoms with Crippen LogP contribution in [0.15, 0.2) is 60.3 Å². The van der Waals surface area contributed by atoms with E-state index in [2.05, 4.69) is 16.0 Å². The van der Waals surface area contributed by atoms with Crippen LogP contribution in [0, 0.1) is 0 Å². The minimum Gasteiger partial charge on any atom is -0.448 e. The number of carbonyl (C=O) groups excluding carboxylic acids is 4. The number of ether oxygens (including phenoxy) is 1. The molecule has 0 unspecified atom stereocenters. The van der Waals surface area contributed by atoms with Crippen LogP contribution in [-0.2, 0) is 23.9 Å². The van der Waals surface area contributed by atoms with Gasteiger partial charge in [-0.05, 0) is 42.8 Å². The van der Waals surface area contributed by atoms with Crippen molar-refractivity contribution in [1.29, 1.82) is 0 Å². The van der Waals surface area contributed by atoms with Gasteiger partial charge in [0.05, 0.1) is 0 Å². The average molecular weight is 409 g/mol. The highest BCUT2D eigenvalue weighted by molar-refractivity contribution is 6.00. The Bertz CT molecular complexity index is 952. The van der Waals surface area contributed by atoms with Crippen molar-refractivity contribution in [1.82, 2.24) is 5.32 Å². The molecule has 0 aromatic heterocycles. The van der Waals surface area contributed by atoms with E-state index in [4.69, 9.17) is 4.74 Å². The summed E-state index contributed by atoms with van der Waals surface area (Å²) >= 11 is 0. The Morgan fingerprint density at radius 2 is 1.40 bits per heavy atom. The molecule has 0 spiro atoms. The van der Waals surface area contributed by atoms with E-state index in [1.54, 1.807) is 48.5 Å². The predicted octanol–water partition coefficient (Wildman–Crippen LogP) is 2.69. The number of anilines is 2. The van der Waals surface area contributed by atoms with Gasteiger partial charge in [0.25, 0.3) is 5.91 Å². The number of rotatable bonds is 7. The summed E-state index contributed by atoms with van der Waals surface area (Å²) in [5.74, 6) is -2.02. The fourth-order valence-corrected chi connectivity index (χ4v) is 2.41. The van der Waals surface area contributed by atoms with Crippen molar-refractivity contribution in [3.05, 3.63) is 65.9 Å². The van der Waals surface area contributed by atoms with Crippen LogP contribution in [0.1, 0.15) is 26.3 Å². The molecule has 30 heavy (non-hydrogen) atoms. The molecule has 2 aromatic carbocycles. The van der Waals surface area contributed by atoms with Crippen molar-refractivity contribution in [3.8, 4) is 0 Å². The van der Waals surface area contributed by atoms with Crippen LogP contribution >= 0.6 is 0 Å². The molecule has 0 aliphatic heterocycles. The molecule has 3 N–H and O–H groups in total. The molecule has 1 atom stereocenters. The fourth-order valence-electron chi connectivity index (χ4n) is 2.41. The number of benzene rings is 2. The molecule has 0 heterocycles. The second kappa shape index (κ2) is 10.6. The number of amides is 3. The topological polar surface area (TPSA) is 114 Å². The van der Waals surface area contributed by atoms with E-state index in [-0.39, 0.29) is 11.6 Å². The molecule has 2 aromatic rings. The number of esters is 1. The molecule has 0 bridgehead atoms. The molecule has 0 saturated heterocycles. The first-order chi connectivity index (χ1) is 14.2. The maximum Gasteiger partial charge on any atom is 0.355 e. The van der Waals surface area contributed by atoms with E-state index < -0.39 is 23.9 Å². The number of hydrogen-bond acceptors (Lipinski definition) is 5. The lowest BCUT2D eigenvalue weighted by Crippen LogP contribution is -2.33. The van der Waals surface area contributed by atoms with Crippen molar-refractivity contribution >= 4 is 41.1 Å². The molecule has 8 nitrogen and oxygen atoms in total. The Morgan fingerprint density at radius 3 is 1.93 bits per heavy atom. The first kappa shape index (κ1) is 22.4. The van der Waals surface area contributed by atoms with Gasteiger partial charge in [0.15, 0.2) is 6.10 Å². The zero-order valence-electron chi connectivity index (χ0n) is 16.9. The third kappa shape index (κ3) is 7.23. The van der Waals surface area contributed by atoms with Crippen LogP contribution in [0.2, 0.25) is 0 Å². The van der Waals surface area contributed by atoms with E-state index in [1.165, 1.54) is 26.8 Å². The normalized spacial score (nSPS) is 11.8. The van der Waals surface area contributed by atoms with Crippen molar-refractivity contribution < 1.29 is 23.9 Å². The summed E-state index contributed by atoms with van der Waals surface area (Å²) in [6.45, 7) is 4.09. The summed E-state index contributed by atoms with van der Waals surface area (Å²) in [4.78, 5) is 47.3. The van der Waals surface area contributed by atoms with E-state index in [0.29, 0.717) is 16.9 Å². The van der Waals surface area contributed by atoms with Crippen LogP contribution in [0.4, 0.5) is 11.4 Å². The van der Waals surface area contributed by atoms with Crippen LogP contribution in [0.3, 0.4) is 0 Å².